The molecule has 0 spiro atoms. The number of anilines is 2. The molecule has 0 saturated heterocycles. The van der Waals surface area contributed by atoms with E-state index < -0.39 is 22.8 Å². The number of nitrogens with one attached hydrogen (secondary N) is 1. The van der Waals surface area contributed by atoms with Gasteiger partial charge < -0.3 is 15.0 Å². The summed E-state index contributed by atoms with van der Waals surface area (Å²) in [5.41, 5.74) is -0.0657. The van der Waals surface area contributed by atoms with E-state index in [4.69, 9.17) is 4.74 Å². The third kappa shape index (κ3) is 3.86. The molecule has 2 amide bonds. The molecule has 2 aromatic rings. The van der Waals surface area contributed by atoms with Crippen molar-refractivity contribution < 1.29 is 23.6 Å². The summed E-state index contributed by atoms with van der Waals surface area (Å²) in [5, 5.41) is 13.1. The smallest absolute Gasteiger partial charge is 0.271 e. The largest absolute Gasteiger partial charge is 0.479 e. The highest BCUT2D eigenvalue weighted by atomic mass is 19.1. The van der Waals surface area contributed by atoms with E-state index in [2.05, 4.69) is 5.32 Å². The molecule has 3 rings (SSSR count). The monoisotopic (exact) mass is 373 g/mol. The zero-order valence-corrected chi connectivity index (χ0v) is 14.3. The Hall–Kier alpha value is -3.49. The van der Waals surface area contributed by atoms with E-state index in [1.807, 2.05) is 0 Å². The highest BCUT2D eigenvalue weighted by Crippen LogP contribution is 2.33. The van der Waals surface area contributed by atoms with Gasteiger partial charge in [-0.3, -0.25) is 19.7 Å². The van der Waals surface area contributed by atoms with Crippen LogP contribution in [0.5, 0.6) is 5.75 Å². The lowest BCUT2D eigenvalue weighted by Gasteiger charge is -2.32. The number of amides is 2. The first kappa shape index (κ1) is 18.3. The molecule has 140 valence electrons. The Kier molecular flexibility index (Phi) is 5.02. The van der Waals surface area contributed by atoms with Gasteiger partial charge in [0.25, 0.3) is 11.6 Å². The zero-order valence-electron chi connectivity index (χ0n) is 14.3. The number of carbonyl (C=O) groups excluding carboxylic acids is 2. The average Bonchev–Trinajstić information content (AvgIpc) is 2.63. The predicted molar refractivity (Wildman–Crippen MR) is 95.2 cm³/mol. The standard InChI is InChI=1S/C18H16FN3O5/c1-11-18(24)21(15-4-2-3-5-16(15)27-11)9-8-17(23)20-14-10-12(22(25)26)6-7-13(14)19/h2-7,10-11H,8-9H2,1H3,(H,20,23). The highest BCUT2D eigenvalue weighted by Gasteiger charge is 2.31. The molecule has 27 heavy (non-hydrogen) atoms. The number of nitro groups is 1. The molecule has 0 radical (unpaired) electrons. The van der Waals surface area contributed by atoms with Crippen molar-refractivity contribution in [1.29, 1.82) is 0 Å². The Labute approximate surface area is 153 Å². The molecule has 0 bridgehead atoms. The number of nitrogens with zero attached hydrogens (tertiary/aromatic N) is 2. The topological polar surface area (TPSA) is 102 Å². The van der Waals surface area contributed by atoms with E-state index in [0.717, 1.165) is 18.2 Å². The maximum Gasteiger partial charge on any atom is 0.271 e. The van der Waals surface area contributed by atoms with Gasteiger partial charge in [-0.2, -0.15) is 0 Å². The molecule has 8 nitrogen and oxygen atoms in total. The highest BCUT2D eigenvalue weighted by molar-refractivity contribution is 6.00. The van der Waals surface area contributed by atoms with Gasteiger partial charge in [-0.05, 0) is 25.1 Å². The Morgan fingerprint density at radius 1 is 1.33 bits per heavy atom. The lowest BCUT2D eigenvalue weighted by molar-refractivity contribution is -0.384. The Morgan fingerprint density at radius 3 is 2.81 bits per heavy atom. The number of para-hydroxylation sites is 2. The molecule has 1 atom stereocenters. The van der Waals surface area contributed by atoms with Crippen LogP contribution in [0, 0.1) is 15.9 Å². The van der Waals surface area contributed by atoms with E-state index in [0.29, 0.717) is 11.4 Å². The summed E-state index contributed by atoms with van der Waals surface area (Å²) in [6.45, 7) is 1.68. The van der Waals surface area contributed by atoms with Crippen molar-refractivity contribution in [3.63, 3.8) is 0 Å². The first-order valence-electron chi connectivity index (χ1n) is 8.17. The second-order valence-corrected chi connectivity index (χ2v) is 5.94. The first-order valence-corrected chi connectivity index (χ1v) is 8.17. The molecular weight excluding hydrogens is 357 g/mol. The second-order valence-electron chi connectivity index (χ2n) is 5.94. The van der Waals surface area contributed by atoms with Gasteiger partial charge in [0.15, 0.2) is 6.10 Å². The van der Waals surface area contributed by atoms with E-state index >= 15 is 0 Å². The zero-order chi connectivity index (χ0) is 19.6. The minimum absolute atomic E-state index is 0.0614. The molecule has 1 unspecified atom stereocenters. The number of ether oxygens (including phenoxy) is 1. The molecule has 0 aromatic heterocycles. The van der Waals surface area contributed by atoms with Gasteiger partial charge in [-0.1, -0.05) is 12.1 Å². The summed E-state index contributed by atoms with van der Waals surface area (Å²) in [6, 6.07) is 9.83. The third-order valence-electron chi connectivity index (χ3n) is 4.07. The van der Waals surface area contributed by atoms with Gasteiger partial charge in [-0.25, -0.2) is 4.39 Å². The minimum atomic E-state index is -0.782. The van der Waals surface area contributed by atoms with E-state index in [1.54, 1.807) is 31.2 Å². The van der Waals surface area contributed by atoms with E-state index in [1.165, 1.54) is 4.90 Å². The van der Waals surface area contributed by atoms with Gasteiger partial charge >= 0.3 is 0 Å². The summed E-state index contributed by atoms with van der Waals surface area (Å²) in [7, 11) is 0. The number of carbonyl (C=O) groups is 2. The van der Waals surface area contributed by atoms with Gasteiger partial charge in [0.2, 0.25) is 5.91 Å². The van der Waals surface area contributed by atoms with Crippen LogP contribution in [-0.4, -0.2) is 29.4 Å². The van der Waals surface area contributed by atoms with E-state index in [-0.39, 0.29) is 30.2 Å². The van der Waals surface area contributed by atoms with Crippen molar-refractivity contribution in [1.82, 2.24) is 0 Å². The summed E-state index contributed by atoms with van der Waals surface area (Å²) >= 11 is 0. The lowest BCUT2D eigenvalue weighted by atomic mass is 10.1. The first-order chi connectivity index (χ1) is 12.9. The SMILES string of the molecule is CC1Oc2ccccc2N(CCC(=O)Nc2cc([N+](=O)[O-])ccc2F)C1=O. The van der Waals surface area contributed by atoms with Crippen LogP contribution >= 0.6 is 0 Å². The van der Waals surface area contributed by atoms with Crippen LogP contribution in [0.15, 0.2) is 42.5 Å². The fourth-order valence-electron chi connectivity index (χ4n) is 2.74. The van der Waals surface area contributed by atoms with Gasteiger partial charge in [0.05, 0.1) is 16.3 Å². The number of halogens is 1. The lowest BCUT2D eigenvalue weighted by Crippen LogP contribution is -2.45. The molecule has 1 aliphatic rings. The molecule has 0 saturated carbocycles. The number of fused-ring (bicyclic) bond motifs is 1. The predicted octanol–water partition coefficient (Wildman–Crippen LogP) is 2.88. The van der Waals surface area contributed by atoms with Gasteiger partial charge in [0, 0.05) is 25.1 Å². The van der Waals surface area contributed by atoms with E-state index in [9.17, 15) is 24.1 Å². The maximum atomic E-state index is 13.8. The quantitative estimate of drug-likeness (QED) is 0.641. The van der Waals surface area contributed by atoms with Gasteiger partial charge in [-0.15, -0.1) is 0 Å². The van der Waals surface area contributed by atoms with Crippen molar-refractivity contribution in [2.24, 2.45) is 0 Å². The number of benzene rings is 2. The van der Waals surface area contributed by atoms with Crippen LogP contribution in [0.3, 0.4) is 0 Å². The Morgan fingerprint density at radius 2 is 2.07 bits per heavy atom. The molecular formula is C18H16FN3O5. The normalized spacial score (nSPS) is 15.7. The summed E-state index contributed by atoms with van der Waals surface area (Å²) < 4.78 is 19.3. The minimum Gasteiger partial charge on any atom is -0.479 e. The molecule has 9 heteroatoms. The number of non-ortho nitro benzene ring substituents is 1. The summed E-state index contributed by atoms with van der Waals surface area (Å²) in [5.74, 6) is -1.10. The number of rotatable bonds is 5. The molecule has 1 aliphatic heterocycles. The van der Waals surface area contributed by atoms with Crippen LogP contribution in [0.2, 0.25) is 0 Å². The van der Waals surface area contributed by atoms with Gasteiger partial charge in [0.1, 0.15) is 11.6 Å². The number of hydrogen-bond acceptors (Lipinski definition) is 5. The van der Waals surface area contributed by atoms with Crippen molar-refractivity contribution in [3.05, 3.63) is 58.4 Å². The van der Waals surface area contributed by atoms with Crippen LogP contribution in [0.4, 0.5) is 21.5 Å². The molecule has 0 fully saturated rings. The average molecular weight is 373 g/mol. The Bertz CT molecular complexity index is 918. The molecule has 2 aromatic carbocycles. The molecule has 0 aliphatic carbocycles. The Balaban J connectivity index is 1.70. The van der Waals surface area contributed by atoms with Crippen molar-refractivity contribution in [3.8, 4) is 5.75 Å². The summed E-state index contributed by atoms with van der Waals surface area (Å²) in [4.78, 5) is 36.1. The second kappa shape index (κ2) is 7.40. The number of hydrogen-bond donors (Lipinski definition) is 1. The van der Waals surface area contributed by atoms with Crippen LogP contribution in [0.25, 0.3) is 0 Å². The molecule has 1 N–H and O–H groups in total. The maximum absolute atomic E-state index is 13.8. The van der Waals surface area contributed by atoms with Crippen molar-refractivity contribution in [2.45, 2.75) is 19.4 Å². The van der Waals surface area contributed by atoms with Crippen LogP contribution < -0.4 is 15.0 Å². The fourth-order valence-corrected chi connectivity index (χ4v) is 2.74. The summed E-state index contributed by atoms with van der Waals surface area (Å²) in [6.07, 6.45) is -0.799. The third-order valence-corrected chi connectivity index (χ3v) is 4.07. The van der Waals surface area contributed by atoms with Crippen LogP contribution in [-0.2, 0) is 9.59 Å². The van der Waals surface area contributed by atoms with Crippen molar-refractivity contribution >= 4 is 28.9 Å². The fraction of sp³-hybridized carbons (Fsp3) is 0.222. The van der Waals surface area contributed by atoms with Crippen LogP contribution in [0.1, 0.15) is 13.3 Å². The molecule has 1 heterocycles. The number of nitro benzene ring substituents is 1. The van der Waals surface area contributed by atoms with Crippen molar-refractivity contribution in [2.75, 3.05) is 16.8 Å².